The summed E-state index contributed by atoms with van der Waals surface area (Å²) in [5.41, 5.74) is 2.84. The Labute approximate surface area is 79.6 Å². The van der Waals surface area contributed by atoms with Crippen molar-refractivity contribution in [3.63, 3.8) is 0 Å². The molecule has 1 aliphatic carbocycles. The molecular weight excluding hydrogens is 243 g/mol. The molecule has 1 aliphatic rings. The summed E-state index contributed by atoms with van der Waals surface area (Å²) in [6, 6.07) is 8.49. The predicted molar refractivity (Wildman–Crippen MR) is 45.6 cm³/mol. The Kier molecular flexibility index (Phi) is 3.49. The van der Waals surface area contributed by atoms with Crippen LogP contribution in [0.25, 0.3) is 6.08 Å². The number of hydrogen-bond acceptors (Lipinski definition) is 1. The predicted octanol–water partition coefficient (Wildman–Crippen LogP) is 1.76. The van der Waals surface area contributed by atoms with Gasteiger partial charge in [0.15, 0.2) is 0 Å². The molecule has 2 radical (unpaired) electrons. The van der Waals surface area contributed by atoms with Gasteiger partial charge in [-0.2, -0.15) is 0 Å². The van der Waals surface area contributed by atoms with Gasteiger partial charge in [-0.1, -0.05) is 36.4 Å². The van der Waals surface area contributed by atoms with E-state index in [1.165, 1.54) is 11.1 Å². The van der Waals surface area contributed by atoms with Crippen molar-refractivity contribution >= 4 is 28.6 Å². The van der Waals surface area contributed by atoms with Gasteiger partial charge in [-0.15, -0.1) is 0 Å². The quantitative estimate of drug-likeness (QED) is 0.642. The molecular formula is C9H8OSn. The fourth-order valence-corrected chi connectivity index (χ4v) is 1.20. The van der Waals surface area contributed by atoms with Crippen molar-refractivity contribution in [3.05, 3.63) is 41.5 Å². The molecule has 0 amide bonds. The van der Waals surface area contributed by atoms with Crippen LogP contribution in [0.4, 0.5) is 0 Å². The zero-order chi connectivity index (χ0) is 8.10. The average molecular weight is 251 g/mol. The van der Waals surface area contributed by atoms with Crippen molar-refractivity contribution in [1.82, 2.24) is 0 Å². The van der Waals surface area contributed by atoms with Crippen LogP contribution < -0.4 is 0 Å². The summed E-state index contributed by atoms with van der Waals surface area (Å²) in [7, 11) is 0. The molecule has 0 atom stereocenters. The molecule has 1 nitrogen and oxygen atoms in total. The SMILES string of the molecule is C1=Cc2ccccc2C1.[O]=[Sn]. The summed E-state index contributed by atoms with van der Waals surface area (Å²) >= 11 is 0.300. The molecule has 0 heterocycles. The number of rotatable bonds is 0. The molecule has 0 spiro atoms. The van der Waals surface area contributed by atoms with Crippen LogP contribution in [0.2, 0.25) is 0 Å². The Balaban J connectivity index is 0.000000281. The van der Waals surface area contributed by atoms with E-state index >= 15 is 0 Å². The molecule has 0 bridgehead atoms. The summed E-state index contributed by atoms with van der Waals surface area (Å²) in [5.74, 6) is 0. The number of hydrogen-bond donors (Lipinski definition) is 0. The minimum atomic E-state index is 0.300. The second kappa shape index (κ2) is 4.44. The summed E-state index contributed by atoms with van der Waals surface area (Å²) in [5, 5.41) is 0. The first-order chi connectivity index (χ1) is 5.47. The van der Waals surface area contributed by atoms with E-state index in [0.717, 1.165) is 6.42 Å². The second-order valence-corrected chi connectivity index (χ2v) is 2.31. The van der Waals surface area contributed by atoms with Gasteiger partial charge in [-0.05, 0) is 17.5 Å². The fraction of sp³-hybridized carbons (Fsp3) is 0.111. The van der Waals surface area contributed by atoms with Gasteiger partial charge in [-0.25, -0.2) is 0 Å². The summed E-state index contributed by atoms with van der Waals surface area (Å²) in [6.45, 7) is 0. The van der Waals surface area contributed by atoms with Crippen LogP contribution in [-0.4, -0.2) is 22.5 Å². The maximum atomic E-state index is 8.34. The summed E-state index contributed by atoms with van der Waals surface area (Å²) < 4.78 is 8.34. The third-order valence-electron chi connectivity index (χ3n) is 1.69. The van der Waals surface area contributed by atoms with E-state index in [-0.39, 0.29) is 0 Å². The first kappa shape index (κ1) is 8.65. The topological polar surface area (TPSA) is 17.1 Å². The van der Waals surface area contributed by atoms with E-state index in [1.54, 1.807) is 0 Å². The van der Waals surface area contributed by atoms with Crippen LogP contribution in [0.15, 0.2) is 30.3 Å². The van der Waals surface area contributed by atoms with Crippen LogP contribution in [0.3, 0.4) is 0 Å². The third-order valence-corrected chi connectivity index (χ3v) is 1.69. The Morgan fingerprint density at radius 3 is 2.64 bits per heavy atom. The number of fused-ring (bicyclic) bond motifs is 1. The molecule has 1 aromatic rings. The molecule has 1 aromatic carbocycles. The summed E-state index contributed by atoms with van der Waals surface area (Å²) in [4.78, 5) is 0. The van der Waals surface area contributed by atoms with Gasteiger partial charge in [0, 0.05) is 0 Å². The van der Waals surface area contributed by atoms with Crippen molar-refractivity contribution in [2.75, 3.05) is 0 Å². The van der Waals surface area contributed by atoms with E-state index in [9.17, 15) is 0 Å². The van der Waals surface area contributed by atoms with Gasteiger partial charge in [0.05, 0.1) is 0 Å². The average Bonchev–Trinajstić information content (AvgIpc) is 2.55. The van der Waals surface area contributed by atoms with E-state index in [0.29, 0.717) is 22.5 Å². The van der Waals surface area contributed by atoms with Gasteiger partial charge in [0.25, 0.3) is 0 Å². The van der Waals surface area contributed by atoms with Crippen molar-refractivity contribution in [2.45, 2.75) is 6.42 Å². The molecule has 2 heteroatoms. The summed E-state index contributed by atoms with van der Waals surface area (Å²) in [6.07, 6.45) is 5.50. The monoisotopic (exact) mass is 252 g/mol. The molecule has 0 aromatic heterocycles. The van der Waals surface area contributed by atoms with Crippen LogP contribution >= 0.6 is 0 Å². The van der Waals surface area contributed by atoms with Crippen molar-refractivity contribution in [2.24, 2.45) is 0 Å². The van der Waals surface area contributed by atoms with E-state index in [1.807, 2.05) is 0 Å². The van der Waals surface area contributed by atoms with Crippen molar-refractivity contribution in [1.29, 1.82) is 0 Å². The number of benzene rings is 1. The molecule has 54 valence electrons. The van der Waals surface area contributed by atoms with Crippen LogP contribution in [0.5, 0.6) is 0 Å². The van der Waals surface area contributed by atoms with Crippen LogP contribution in [-0.2, 0) is 9.50 Å². The Morgan fingerprint density at radius 2 is 1.91 bits per heavy atom. The Bertz CT molecular complexity index is 268. The van der Waals surface area contributed by atoms with E-state index in [4.69, 9.17) is 3.08 Å². The first-order valence-electron chi connectivity index (χ1n) is 3.42. The Morgan fingerprint density at radius 1 is 1.18 bits per heavy atom. The first-order valence-corrected chi connectivity index (χ1v) is 4.58. The van der Waals surface area contributed by atoms with Crippen LogP contribution in [0, 0.1) is 0 Å². The maximum absolute atomic E-state index is 8.34. The van der Waals surface area contributed by atoms with Crippen molar-refractivity contribution < 1.29 is 3.08 Å². The molecule has 0 aliphatic heterocycles. The van der Waals surface area contributed by atoms with Gasteiger partial charge >= 0.3 is 25.6 Å². The molecule has 2 rings (SSSR count). The Hall–Kier alpha value is -0.441. The number of allylic oxidation sites excluding steroid dienone is 1. The standard InChI is InChI=1S/C9H8.O.Sn/c1-2-5-9-7-3-6-8(9)4-1;;/h1-6H,7H2;;. The van der Waals surface area contributed by atoms with Crippen LogP contribution in [0.1, 0.15) is 11.1 Å². The van der Waals surface area contributed by atoms with Gasteiger partial charge in [-0.3, -0.25) is 0 Å². The zero-order valence-electron chi connectivity index (χ0n) is 6.08. The third kappa shape index (κ3) is 1.99. The molecule has 11 heavy (non-hydrogen) atoms. The molecule has 0 unspecified atom stereocenters. The molecule has 0 saturated carbocycles. The zero-order valence-corrected chi connectivity index (χ0v) is 8.93. The molecule has 0 fully saturated rings. The fourth-order valence-electron chi connectivity index (χ4n) is 1.20. The van der Waals surface area contributed by atoms with E-state index in [2.05, 4.69) is 36.4 Å². The van der Waals surface area contributed by atoms with Crippen molar-refractivity contribution in [3.8, 4) is 0 Å². The van der Waals surface area contributed by atoms with Gasteiger partial charge < -0.3 is 0 Å². The van der Waals surface area contributed by atoms with E-state index < -0.39 is 0 Å². The van der Waals surface area contributed by atoms with Gasteiger partial charge in [0.1, 0.15) is 0 Å². The molecule has 0 saturated heterocycles. The second-order valence-electron chi connectivity index (χ2n) is 2.31. The molecule has 0 N–H and O–H groups in total. The minimum absolute atomic E-state index is 0.300. The van der Waals surface area contributed by atoms with Gasteiger partial charge in [0.2, 0.25) is 0 Å². The normalized spacial score (nSPS) is 11.6.